The van der Waals surface area contributed by atoms with Crippen LogP contribution in [-0.2, 0) is 4.79 Å². The minimum Gasteiger partial charge on any atom is -0.388 e. The van der Waals surface area contributed by atoms with Crippen molar-refractivity contribution in [3.05, 3.63) is 0 Å². The van der Waals surface area contributed by atoms with Gasteiger partial charge in [-0.05, 0) is 40.5 Å². The Hall–Kier alpha value is -0.610. The van der Waals surface area contributed by atoms with Crippen molar-refractivity contribution in [3.63, 3.8) is 0 Å². The highest BCUT2D eigenvalue weighted by Crippen LogP contribution is 2.38. The Bertz CT molecular complexity index is 286. The van der Waals surface area contributed by atoms with Crippen LogP contribution in [0.1, 0.15) is 53.4 Å². The van der Waals surface area contributed by atoms with E-state index < -0.39 is 16.6 Å². The second kappa shape index (κ2) is 4.58. The summed E-state index contributed by atoms with van der Waals surface area (Å²) in [5.74, 6) is -0.00961. The molecule has 0 bridgehead atoms. The summed E-state index contributed by atoms with van der Waals surface area (Å²) in [7, 11) is 0. The minimum atomic E-state index is -0.961. The Balaban J connectivity index is 2.78. The van der Waals surface area contributed by atoms with Gasteiger partial charge in [0.05, 0.1) is 16.6 Å². The number of hydrogen-bond acceptors (Lipinski definition) is 3. The molecule has 4 N–H and O–H groups in total. The minimum absolute atomic E-state index is 0.00961. The van der Waals surface area contributed by atoms with E-state index in [1.54, 1.807) is 13.8 Å². The predicted molar refractivity (Wildman–Crippen MR) is 68.5 cm³/mol. The van der Waals surface area contributed by atoms with E-state index in [2.05, 4.69) is 5.32 Å². The first-order valence-electron chi connectivity index (χ1n) is 6.40. The fourth-order valence-corrected chi connectivity index (χ4v) is 2.15. The molecule has 0 spiro atoms. The van der Waals surface area contributed by atoms with Crippen LogP contribution in [0.3, 0.4) is 0 Å². The van der Waals surface area contributed by atoms with Crippen LogP contribution in [0.4, 0.5) is 0 Å². The summed E-state index contributed by atoms with van der Waals surface area (Å²) < 4.78 is 0. The van der Waals surface area contributed by atoms with Crippen molar-refractivity contribution in [3.8, 4) is 0 Å². The molecule has 0 saturated heterocycles. The maximum Gasteiger partial charge on any atom is 0.228 e. The van der Waals surface area contributed by atoms with Gasteiger partial charge in [-0.15, -0.1) is 0 Å². The molecule has 0 aromatic carbocycles. The SMILES string of the molecule is CC(C)(O)C(C)(C)NC(=O)C1(CN)CCCC1. The molecule has 1 aliphatic rings. The monoisotopic (exact) mass is 242 g/mol. The van der Waals surface area contributed by atoms with E-state index in [0.29, 0.717) is 6.54 Å². The summed E-state index contributed by atoms with van der Waals surface area (Å²) in [5.41, 5.74) is 3.74. The van der Waals surface area contributed by atoms with Crippen molar-refractivity contribution in [2.45, 2.75) is 64.5 Å². The molecule has 1 aliphatic carbocycles. The maximum atomic E-state index is 12.4. The van der Waals surface area contributed by atoms with Gasteiger partial charge in [0, 0.05) is 6.54 Å². The number of carbonyl (C=O) groups excluding carboxylic acids is 1. The van der Waals surface area contributed by atoms with Crippen LogP contribution >= 0.6 is 0 Å². The van der Waals surface area contributed by atoms with Crippen LogP contribution in [0.5, 0.6) is 0 Å². The van der Waals surface area contributed by atoms with E-state index in [0.717, 1.165) is 25.7 Å². The molecule has 0 aliphatic heterocycles. The zero-order valence-electron chi connectivity index (χ0n) is 11.5. The fourth-order valence-electron chi connectivity index (χ4n) is 2.15. The maximum absolute atomic E-state index is 12.4. The van der Waals surface area contributed by atoms with E-state index in [9.17, 15) is 9.90 Å². The number of aliphatic hydroxyl groups is 1. The second-order valence-electron chi connectivity index (χ2n) is 6.33. The lowest BCUT2D eigenvalue weighted by Gasteiger charge is -2.40. The van der Waals surface area contributed by atoms with Crippen molar-refractivity contribution in [2.75, 3.05) is 6.54 Å². The van der Waals surface area contributed by atoms with Crippen LogP contribution in [0.2, 0.25) is 0 Å². The van der Waals surface area contributed by atoms with Gasteiger partial charge in [0.1, 0.15) is 0 Å². The standard InChI is InChI=1S/C13H26N2O2/c1-11(2,12(3,4)17)15-10(16)13(9-14)7-5-6-8-13/h17H,5-9,14H2,1-4H3,(H,15,16). The van der Waals surface area contributed by atoms with Crippen LogP contribution < -0.4 is 11.1 Å². The highest BCUT2D eigenvalue weighted by molar-refractivity contribution is 5.84. The molecule has 0 radical (unpaired) electrons. The zero-order valence-corrected chi connectivity index (χ0v) is 11.5. The van der Waals surface area contributed by atoms with E-state index in [-0.39, 0.29) is 5.91 Å². The van der Waals surface area contributed by atoms with Crippen molar-refractivity contribution in [2.24, 2.45) is 11.1 Å². The summed E-state index contributed by atoms with van der Waals surface area (Å²) in [4.78, 5) is 12.4. The van der Waals surface area contributed by atoms with Gasteiger partial charge < -0.3 is 16.2 Å². The topological polar surface area (TPSA) is 75.3 Å². The molecule has 0 unspecified atom stereocenters. The molecule has 0 aromatic rings. The lowest BCUT2D eigenvalue weighted by molar-refractivity contribution is -0.135. The number of rotatable bonds is 4. The molecule has 4 nitrogen and oxygen atoms in total. The first kappa shape index (κ1) is 14.5. The Kier molecular flexibility index (Phi) is 3.89. The van der Waals surface area contributed by atoms with Gasteiger partial charge in [0.15, 0.2) is 0 Å². The smallest absolute Gasteiger partial charge is 0.228 e. The number of hydrogen-bond donors (Lipinski definition) is 3. The molecule has 100 valence electrons. The lowest BCUT2D eigenvalue weighted by Crippen LogP contribution is -2.61. The second-order valence-corrected chi connectivity index (χ2v) is 6.33. The van der Waals surface area contributed by atoms with E-state index in [1.807, 2.05) is 13.8 Å². The molecule has 0 atom stereocenters. The summed E-state index contributed by atoms with van der Waals surface area (Å²) in [6.45, 7) is 7.48. The summed E-state index contributed by atoms with van der Waals surface area (Å²) >= 11 is 0. The van der Waals surface area contributed by atoms with Gasteiger partial charge in [0.25, 0.3) is 0 Å². The van der Waals surface area contributed by atoms with Crippen molar-refractivity contribution < 1.29 is 9.90 Å². The molecule has 1 amide bonds. The molecule has 0 aromatic heterocycles. The van der Waals surface area contributed by atoms with E-state index >= 15 is 0 Å². The van der Waals surface area contributed by atoms with Gasteiger partial charge in [-0.2, -0.15) is 0 Å². The first-order chi connectivity index (χ1) is 7.65. The fraction of sp³-hybridized carbons (Fsp3) is 0.923. The Morgan fingerprint density at radius 1 is 1.29 bits per heavy atom. The third-order valence-corrected chi connectivity index (χ3v) is 4.39. The summed E-state index contributed by atoms with van der Waals surface area (Å²) in [5, 5.41) is 13.0. The van der Waals surface area contributed by atoms with Gasteiger partial charge in [-0.3, -0.25) is 4.79 Å². The number of nitrogens with one attached hydrogen (secondary N) is 1. The first-order valence-corrected chi connectivity index (χ1v) is 6.40. The van der Waals surface area contributed by atoms with Gasteiger partial charge in [-0.1, -0.05) is 12.8 Å². The summed E-state index contributed by atoms with van der Waals surface area (Å²) in [6, 6.07) is 0. The quantitative estimate of drug-likeness (QED) is 0.692. The van der Waals surface area contributed by atoms with Crippen LogP contribution in [-0.4, -0.2) is 28.7 Å². The van der Waals surface area contributed by atoms with Crippen LogP contribution in [0, 0.1) is 5.41 Å². The largest absolute Gasteiger partial charge is 0.388 e. The highest BCUT2D eigenvalue weighted by Gasteiger charge is 2.44. The highest BCUT2D eigenvalue weighted by atomic mass is 16.3. The Morgan fingerprint density at radius 3 is 2.12 bits per heavy atom. The van der Waals surface area contributed by atoms with E-state index in [4.69, 9.17) is 5.73 Å². The van der Waals surface area contributed by atoms with Crippen molar-refractivity contribution in [1.29, 1.82) is 0 Å². The third kappa shape index (κ3) is 2.80. The molecular weight excluding hydrogens is 216 g/mol. The van der Waals surface area contributed by atoms with Crippen molar-refractivity contribution >= 4 is 5.91 Å². The van der Waals surface area contributed by atoms with Crippen molar-refractivity contribution in [1.82, 2.24) is 5.32 Å². The Labute approximate surface area is 104 Å². The number of nitrogens with two attached hydrogens (primary N) is 1. The van der Waals surface area contributed by atoms with E-state index in [1.165, 1.54) is 0 Å². The van der Waals surface area contributed by atoms with Crippen LogP contribution in [0.15, 0.2) is 0 Å². The Morgan fingerprint density at radius 2 is 1.76 bits per heavy atom. The average molecular weight is 242 g/mol. The lowest BCUT2D eigenvalue weighted by atomic mass is 9.81. The molecule has 0 heterocycles. The molecular formula is C13H26N2O2. The molecule has 1 fully saturated rings. The van der Waals surface area contributed by atoms with Gasteiger partial charge >= 0.3 is 0 Å². The number of carbonyl (C=O) groups is 1. The molecule has 17 heavy (non-hydrogen) atoms. The predicted octanol–water partition coefficient (Wildman–Crippen LogP) is 1.17. The van der Waals surface area contributed by atoms with Crippen LogP contribution in [0.25, 0.3) is 0 Å². The average Bonchev–Trinajstić information content (AvgIpc) is 2.64. The zero-order chi connectivity index (χ0) is 13.3. The van der Waals surface area contributed by atoms with Gasteiger partial charge in [-0.25, -0.2) is 0 Å². The molecule has 4 heteroatoms. The molecule has 1 saturated carbocycles. The normalized spacial score (nSPS) is 20.4. The summed E-state index contributed by atoms with van der Waals surface area (Å²) in [6.07, 6.45) is 3.84. The number of amides is 1. The third-order valence-electron chi connectivity index (χ3n) is 4.39. The molecule has 1 rings (SSSR count). The van der Waals surface area contributed by atoms with Gasteiger partial charge in [0.2, 0.25) is 5.91 Å².